The summed E-state index contributed by atoms with van der Waals surface area (Å²) in [6, 6.07) is 13.5. The average Bonchev–Trinajstić information content (AvgIpc) is 2.63. The normalized spacial score (nSPS) is 12.5. The maximum absolute atomic E-state index is 12.1. The molecule has 5 nitrogen and oxygen atoms in total. The zero-order valence-electron chi connectivity index (χ0n) is 14.4. The highest BCUT2D eigenvalue weighted by atomic mass is 16.6. The Bertz CT molecular complexity index is 712. The van der Waals surface area contributed by atoms with Crippen molar-refractivity contribution in [3.8, 4) is 17.2 Å². The van der Waals surface area contributed by atoms with Gasteiger partial charge < -0.3 is 19.5 Å². The highest BCUT2D eigenvalue weighted by Gasteiger charge is 2.11. The number of ether oxygens (including phenoxy) is 3. The van der Waals surface area contributed by atoms with Crippen molar-refractivity contribution >= 4 is 5.91 Å². The molecule has 0 radical (unpaired) electrons. The van der Waals surface area contributed by atoms with E-state index in [0.717, 1.165) is 34.8 Å². The third-order valence-electron chi connectivity index (χ3n) is 3.94. The Balaban J connectivity index is 1.44. The fourth-order valence-electron chi connectivity index (χ4n) is 2.71. The molecule has 0 aliphatic carbocycles. The summed E-state index contributed by atoms with van der Waals surface area (Å²) in [7, 11) is 0. The SMILES string of the molecule is CCOc1ccc(CC(=O)NCCc2ccc3c(c2)OCCO3)cc1. The first-order valence-corrected chi connectivity index (χ1v) is 8.61. The molecule has 0 unspecified atom stereocenters. The molecule has 0 bridgehead atoms. The number of carbonyl (C=O) groups is 1. The molecule has 1 heterocycles. The molecule has 0 spiro atoms. The quantitative estimate of drug-likeness (QED) is 0.841. The second kappa shape index (κ2) is 8.42. The van der Waals surface area contributed by atoms with Gasteiger partial charge in [0, 0.05) is 6.54 Å². The second-order valence-electron chi connectivity index (χ2n) is 5.83. The summed E-state index contributed by atoms with van der Waals surface area (Å²) in [5.74, 6) is 2.41. The largest absolute Gasteiger partial charge is 0.494 e. The van der Waals surface area contributed by atoms with Gasteiger partial charge in [-0.1, -0.05) is 18.2 Å². The molecule has 1 N–H and O–H groups in total. The van der Waals surface area contributed by atoms with Gasteiger partial charge in [0.05, 0.1) is 13.0 Å². The number of carbonyl (C=O) groups excluding carboxylic acids is 1. The van der Waals surface area contributed by atoms with E-state index >= 15 is 0 Å². The predicted molar refractivity (Wildman–Crippen MR) is 95.5 cm³/mol. The maximum atomic E-state index is 12.1. The molecule has 5 heteroatoms. The molecule has 1 aliphatic rings. The van der Waals surface area contributed by atoms with Crippen LogP contribution in [-0.4, -0.2) is 32.3 Å². The van der Waals surface area contributed by atoms with E-state index in [4.69, 9.17) is 14.2 Å². The van der Waals surface area contributed by atoms with Crippen LogP contribution in [0.1, 0.15) is 18.1 Å². The number of rotatable bonds is 7. The summed E-state index contributed by atoms with van der Waals surface area (Å²) in [6.07, 6.45) is 1.12. The van der Waals surface area contributed by atoms with E-state index in [2.05, 4.69) is 5.32 Å². The van der Waals surface area contributed by atoms with Gasteiger partial charge in [0.15, 0.2) is 11.5 Å². The maximum Gasteiger partial charge on any atom is 0.224 e. The monoisotopic (exact) mass is 341 g/mol. The van der Waals surface area contributed by atoms with Gasteiger partial charge >= 0.3 is 0 Å². The Morgan fingerprint density at radius 1 is 1.04 bits per heavy atom. The highest BCUT2D eigenvalue weighted by Crippen LogP contribution is 2.30. The van der Waals surface area contributed by atoms with Crippen molar-refractivity contribution in [2.75, 3.05) is 26.4 Å². The summed E-state index contributed by atoms with van der Waals surface area (Å²) in [6.45, 7) is 4.35. The van der Waals surface area contributed by atoms with Crippen molar-refractivity contribution in [1.29, 1.82) is 0 Å². The van der Waals surface area contributed by atoms with Gasteiger partial charge in [-0.3, -0.25) is 4.79 Å². The van der Waals surface area contributed by atoms with Crippen LogP contribution in [0.4, 0.5) is 0 Å². The van der Waals surface area contributed by atoms with Gasteiger partial charge in [0.25, 0.3) is 0 Å². The highest BCUT2D eigenvalue weighted by molar-refractivity contribution is 5.78. The number of hydrogen-bond acceptors (Lipinski definition) is 4. The number of hydrogen-bond donors (Lipinski definition) is 1. The number of fused-ring (bicyclic) bond motifs is 1. The summed E-state index contributed by atoms with van der Waals surface area (Å²) in [5, 5.41) is 2.96. The van der Waals surface area contributed by atoms with Gasteiger partial charge in [-0.2, -0.15) is 0 Å². The molecule has 2 aromatic carbocycles. The third-order valence-corrected chi connectivity index (χ3v) is 3.94. The second-order valence-corrected chi connectivity index (χ2v) is 5.83. The van der Waals surface area contributed by atoms with Crippen LogP contribution >= 0.6 is 0 Å². The third kappa shape index (κ3) is 4.89. The van der Waals surface area contributed by atoms with E-state index in [1.807, 2.05) is 49.4 Å². The summed E-state index contributed by atoms with van der Waals surface area (Å²) >= 11 is 0. The van der Waals surface area contributed by atoms with Crippen molar-refractivity contribution in [2.24, 2.45) is 0 Å². The number of amides is 1. The molecule has 2 aromatic rings. The molecular formula is C20H23NO4. The summed E-state index contributed by atoms with van der Waals surface area (Å²) in [4.78, 5) is 12.1. The average molecular weight is 341 g/mol. The Morgan fingerprint density at radius 2 is 1.76 bits per heavy atom. The number of benzene rings is 2. The van der Waals surface area contributed by atoms with Crippen LogP contribution in [-0.2, 0) is 17.6 Å². The van der Waals surface area contributed by atoms with E-state index in [-0.39, 0.29) is 5.91 Å². The minimum Gasteiger partial charge on any atom is -0.494 e. The molecule has 1 aliphatic heterocycles. The van der Waals surface area contributed by atoms with Crippen molar-refractivity contribution < 1.29 is 19.0 Å². The molecule has 0 aromatic heterocycles. The molecule has 0 saturated carbocycles. The Kier molecular flexibility index (Phi) is 5.77. The van der Waals surface area contributed by atoms with Gasteiger partial charge in [0.1, 0.15) is 19.0 Å². The first-order chi connectivity index (χ1) is 12.2. The zero-order valence-corrected chi connectivity index (χ0v) is 14.4. The predicted octanol–water partition coefficient (Wildman–Crippen LogP) is 2.76. The molecule has 132 valence electrons. The van der Waals surface area contributed by atoms with E-state index in [1.54, 1.807) is 0 Å². The van der Waals surface area contributed by atoms with Crippen molar-refractivity contribution in [1.82, 2.24) is 5.32 Å². The van der Waals surface area contributed by atoms with E-state index in [0.29, 0.717) is 32.8 Å². The summed E-state index contributed by atoms with van der Waals surface area (Å²) < 4.78 is 16.5. The lowest BCUT2D eigenvalue weighted by atomic mass is 10.1. The first kappa shape index (κ1) is 17.1. The smallest absolute Gasteiger partial charge is 0.224 e. The van der Waals surface area contributed by atoms with E-state index in [9.17, 15) is 4.79 Å². The Morgan fingerprint density at radius 3 is 2.52 bits per heavy atom. The lowest BCUT2D eigenvalue weighted by Crippen LogP contribution is -2.27. The fraction of sp³-hybridized carbons (Fsp3) is 0.350. The van der Waals surface area contributed by atoms with Crippen molar-refractivity contribution in [3.05, 3.63) is 53.6 Å². The van der Waals surface area contributed by atoms with Crippen molar-refractivity contribution in [2.45, 2.75) is 19.8 Å². The van der Waals surface area contributed by atoms with Crippen molar-refractivity contribution in [3.63, 3.8) is 0 Å². The zero-order chi connectivity index (χ0) is 17.5. The molecule has 0 fully saturated rings. The van der Waals surface area contributed by atoms with Crippen LogP contribution in [0, 0.1) is 0 Å². The molecule has 1 amide bonds. The van der Waals surface area contributed by atoms with E-state index < -0.39 is 0 Å². The summed E-state index contributed by atoms with van der Waals surface area (Å²) in [5.41, 5.74) is 2.09. The standard InChI is InChI=1S/C20H23NO4/c1-2-23-17-6-3-15(4-7-17)14-20(22)21-10-9-16-5-8-18-19(13-16)25-12-11-24-18/h3-8,13H,2,9-12,14H2,1H3,(H,21,22). The Hall–Kier alpha value is -2.69. The molecule has 0 atom stereocenters. The van der Waals surface area contributed by atoms with Crippen LogP contribution in [0.3, 0.4) is 0 Å². The van der Waals surface area contributed by atoms with Gasteiger partial charge in [-0.05, 0) is 48.7 Å². The van der Waals surface area contributed by atoms with Gasteiger partial charge in [-0.25, -0.2) is 0 Å². The van der Waals surface area contributed by atoms with Gasteiger partial charge in [-0.15, -0.1) is 0 Å². The minimum absolute atomic E-state index is 0.0155. The Labute approximate surface area is 147 Å². The van der Waals surface area contributed by atoms with Crippen LogP contribution in [0.15, 0.2) is 42.5 Å². The lowest BCUT2D eigenvalue weighted by molar-refractivity contribution is -0.120. The van der Waals surface area contributed by atoms with Gasteiger partial charge in [0.2, 0.25) is 5.91 Å². The molecular weight excluding hydrogens is 318 g/mol. The minimum atomic E-state index is 0.0155. The topological polar surface area (TPSA) is 56.8 Å². The van der Waals surface area contributed by atoms with Crippen LogP contribution < -0.4 is 19.5 Å². The molecule has 0 saturated heterocycles. The molecule has 3 rings (SSSR count). The van der Waals surface area contributed by atoms with Crippen LogP contribution in [0.2, 0.25) is 0 Å². The van der Waals surface area contributed by atoms with Crippen LogP contribution in [0.5, 0.6) is 17.2 Å². The lowest BCUT2D eigenvalue weighted by Gasteiger charge is -2.18. The number of nitrogens with one attached hydrogen (secondary N) is 1. The molecule has 25 heavy (non-hydrogen) atoms. The van der Waals surface area contributed by atoms with Crippen LogP contribution in [0.25, 0.3) is 0 Å². The first-order valence-electron chi connectivity index (χ1n) is 8.61. The van der Waals surface area contributed by atoms with E-state index in [1.165, 1.54) is 0 Å². The fourth-order valence-corrected chi connectivity index (χ4v) is 2.71.